The van der Waals surface area contributed by atoms with E-state index in [-0.39, 0.29) is 30.0 Å². The quantitative estimate of drug-likeness (QED) is 0.614. The Morgan fingerprint density at radius 2 is 1.85 bits per heavy atom. The molecule has 0 saturated carbocycles. The van der Waals surface area contributed by atoms with E-state index in [2.05, 4.69) is 0 Å². The standard InChI is InChI=1S/C20H21N3O4/c1-14(24)22-12-11-15-5-3-4-6-18(15)19(22)13-20(25)21(2)16-7-9-17(10-8-16)23(26)27/h3-10,19H,11-13H2,1-2H3. The van der Waals surface area contributed by atoms with Gasteiger partial charge in [0.2, 0.25) is 11.8 Å². The van der Waals surface area contributed by atoms with Crippen LogP contribution in [0.3, 0.4) is 0 Å². The van der Waals surface area contributed by atoms with E-state index in [4.69, 9.17) is 0 Å². The molecule has 0 fully saturated rings. The molecule has 0 radical (unpaired) electrons. The first-order valence-electron chi connectivity index (χ1n) is 8.74. The van der Waals surface area contributed by atoms with Crippen molar-refractivity contribution in [2.24, 2.45) is 0 Å². The van der Waals surface area contributed by atoms with E-state index >= 15 is 0 Å². The molecule has 0 saturated heterocycles. The Bertz CT molecular complexity index is 879. The Morgan fingerprint density at radius 1 is 1.19 bits per heavy atom. The van der Waals surface area contributed by atoms with E-state index in [1.54, 1.807) is 24.1 Å². The van der Waals surface area contributed by atoms with Gasteiger partial charge in [0.1, 0.15) is 0 Å². The molecule has 2 aromatic rings. The monoisotopic (exact) mass is 367 g/mol. The zero-order valence-electron chi connectivity index (χ0n) is 15.3. The highest BCUT2D eigenvalue weighted by atomic mass is 16.6. The molecule has 3 rings (SSSR count). The second-order valence-electron chi connectivity index (χ2n) is 6.61. The summed E-state index contributed by atoms with van der Waals surface area (Å²) in [5, 5.41) is 10.8. The van der Waals surface area contributed by atoms with Crippen LogP contribution in [0, 0.1) is 10.1 Å². The van der Waals surface area contributed by atoms with Gasteiger partial charge in [-0.1, -0.05) is 24.3 Å². The van der Waals surface area contributed by atoms with Crippen LogP contribution < -0.4 is 4.90 Å². The maximum atomic E-state index is 12.9. The van der Waals surface area contributed by atoms with Gasteiger partial charge in [-0.05, 0) is 29.7 Å². The fourth-order valence-corrected chi connectivity index (χ4v) is 3.49. The highest BCUT2D eigenvalue weighted by Gasteiger charge is 2.31. The molecule has 1 aliphatic heterocycles. The summed E-state index contributed by atoms with van der Waals surface area (Å²) >= 11 is 0. The Morgan fingerprint density at radius 3 is 2.48 bits per heavy atom. The second-order valence-corrected chi connectivity index (χ2v) is 6.61. The topological polar surface area (TPSA) is 83.8 Å². The normalized spacial score (nSPS) is 15.8. The molecule has 27 heavy (non-hydrogen) atoms. The summed E-state index contributed by atoms with van der Waals surface area (Å²) in [6, 6.07) is 13.4. The van der Waals surface area contributed by atoms with Crippen molar-refractivity contribution < 1.29 is 14.5 Å². The Balaban J connectivity index is 1.82. The molecule has 0 spiro atoms. The Kier molecular flexibility index (Phi) is 5.21. The molecular formula is C20H21N3O4. The smallest absolute Gasteiger partial charge is 0.269 e. The van der Waals surface area contributed by atoms with Crippen molar-refractivity contribution in [2.75, 3.05) is 18.5 Å². The zero-order valence-corrected chi connectivity index (χ0v) is 15.3. The molecule has 140 valence electrons. The molecule has 0 N–H and O–H groups in total. The molecule has 1 aliphatic rings. The van der Waals surface area contributed by atoms with Gasteiger partial charge in [0.15, 0.2) is 0 Å². The molecular weight excluding hydrogens is 346 g/mol. The van der Waals surface area contributed by atoms with Gasteiger partial charge in [-0.3, -0.25) is 19.7 Å². The molecule has 1 atom stereocenters. The molecule has 7 nitrogen and oxygen atoms in total. The molecule has 7 heteroatoms. The predicted octanol–water partition coefficient (Wildman–Crippen LogP) is 3.09. The molecule has 0 bridgehead atoms. The SMILES string of the molecule is CC(=O)N1CCc2ccccc2C1CC(=O)N(C)c1ccc([N+](=O)[O-])cc1. The fourth-order valence-electron chi connectivity index (χ4n) is 3.49. The third kappa shape index (κ3) is 3.81. The molecule has 2 amide bonds. The number of anilines is 1. The zero-order chi connectivity index (χ0) is 19.6. The number of nitrogens with zero attached hydrogens (tertiary/aromatic N) is 3. The van der Waals surface area contributed by atoms with Gasteiger partial charge < -0.3 is 9.80 Å². The van der Waals surface area contributed by atoms with Crippen molar-refractivity contribution in [3.05, 3.63) is 69.8 Å². The van der Waals surface area contributed by atoms with Crippen molar-refractivity contribution in [3.63, 3.8) is 0 Å². The van der Waals surface area contributed by atoms with Crippen molar-refractivity contribution in [2.45, 2.75) is 25.8 Å². The van der Waals surface area contributed by atoms with Gasteiger partial charge in [-0.15, -0.1) is 0 Å². The summed E-state index contributed by atoms with van der Waals surface area (Å²) < 4.78 is 0. The summed E-state index contributed by atoms with van der Waals surface area (Å²) in [4.78, 5) is 38.5. The average Bonchev–Trinajstić information content (AvgIpc) is 2.67. The number of hydrogen-bond donors (Lipinski definition) is 0. The number of amides is 2. The Labute approximate surface area is 157 Å². The van der Waals surface area contributed by atoms with E-state index in [0.29, 0.717) is 12.2 Å². The van der Waals surface area contributed by atoms with Gasteiger partial charge in [0, 0.05) is 38.3 Å². The molecule has 1 unspecified atom stereocenters. The third-order valence-electron chi connectivity index (χ3n) is 5.01. The first-order chi connectivity index (χ1) is 12.9. The average molecular weight is 367 g/mol. The summed E-state index contributed by atoms with van der Waals surface area (Å²) in [6.07, 6.45) is 0.933. The van der Waals surface area contributed by atoms with E-state index < -0.39 is 4.92 Å². The van der Waals surface area contributed by atoms with E-state index in [1.807, 2.05) is 24.3 Å². The van der Waals surface area contributed by atoms with Crippen molar-refractivity contribution in [3.8, 4) is 0 Å². The van der Waals surface area contributed by atoms with Crippen LogP contribution in [-0.2, 0) is 16.0 Å². The number of non-ortho nitro benzene ring substituents is 1. The lowest BCUT2D eigenvalue weighted by atomic mass is 9.90. The number of nitro benzene ring substituents is 1. The van der Waals surface area contributed by atoms with Crippen LogP contribution in [0.25, 0.3) is 0 Å². The van der Waals surface area contributed by atoms with Crippen LogP contribution in [0.15, 0.2) is 48.5 Å². The van der Waals surface area contributed by atoms with Gasteiger partial charge in [-0.2, -0.15) is 0 Å². The minimum absolute atomic E-state index is 0.0245. The molecule has 1 heterocycles. The number of carbonyl (C=O) groups is 2. The number of nitro groups is 1. The lowest BCUT2D eigenvalue weighted by molar-refractivity contribution is -0.384. The molecule has 2 aromatic carbocycles. The van der Waals surface area contributed by atoms with Crippen LogP contribution in [0.2, 0.25) is 0 Å². The fraction of sp³-hybridized carbons (Fsp3) is 0.300. The summed E-state index contributed by atoms with van der Waals surface area (Å²) in [5.74, 6) is -0.211. The molecule has 0 aliphatic carbocycles. The summed E-state index contributed by atoms with van der Waals surface area (Å²) in [7, 11) is 1.64. The number of carbonyl (C=O) groups excluding carboxylic acids is 2. The number of hydrogen-bond acceptors (Lipinski definition) is 4. The minimum atomic E-state index is -0.477. The van der Waals surface area contributed by atoms with E-state index in [9.17, 15) is 19.7 Å². The maximum Gasteiger partial charge on any atom is 0.269 e. The van der Waals surface area contributed by atoms with Crippen LogP contribution in [-0.4, -0.2) is 35.2 Å². The highest BCUT2D eigenvalue weighted by Crippen LogP contribution is 2.33. The summed E-state index contributed by atoms with van der Waals surface area (Å²) in [5.41, 5.74) is 2.71. The van der Waals surface area contributed by atoms with Gasteiger partial charge in [0.25, 0.3) is 5.69 Å². The van der Waals surface area contributed by atoms with Crippen LogP contribution in [0.4, 0.5) is 11.4 Å². The van der Waals surface area contributed by atoms with Crippen molar-refractivity contribution in [1.29, 1.82) is 0 Å². The maximum absolute atomic E-state index is 12.9. The number of fused-ring (bicyclic) bond motifs is 1. The van der Waals surface area contributed by atoms with Gasteiger partial charge >= 0.3 is 0 Å². The van der Waals surface area contributed by atoms with Crippen molar-refractivity contribution >= 4 is 23.2 Å². The van der Waals surface area contributed by atoms with Crippen molar-refractivity contribution in [1.82, 2.24) is 4.90 Å². The third-order valence-corrected chi connectivity index (χ3v) is 5.01. The van der Waals surface area contributed by atoms with E-state index in [1.165, 1.54) is 24.0 Å². The summed E-state index contributed by atoms with van der Waals surface area (Å²) in [6.45, 7) is 2.11. The van der Waals surface area contributed by atoms with Gasteiger partial charge in [-0.25, -0.2) is 0 Å². The van der Waals surface area contributed by atoms with E-state index in [0.717, 1.165) is 17.5 Å². The predicted molar refractivity (Wildman–Crippen MR) is 101 cm³/mol. The first-order valence-corrected chi connectivity index (χ1v) is 8.74. The highest BCUT2D eigenvalue weighted by molar-refractivity contribution is 5.93. The lowest BCUT2D eigenvalue weighted by Gasteiger charge is -2.37. The van der Waals surface area contributed by atoms with Gasteiger partial charge in [0.05, 0.1) is 17.4 Å². The Hall–Kier alpha value is -3.22. The first kappa shape index (κ1) is 18.6. The largest absolute Gasteiger partial charge is 0.335 e. The van der Waals surface area contributed by atoms with Crippen LogP contribution in [0.5, 0.6) is 0 Å². The second kappa shape index (κ2) is 7.57. The lowest BCUT2D eigenvalue weighted by Crippen LogP contribution is -2.41. The van der Waals surface area contributed by atoms with Crippen LogP contribution >= 0.6 is 0 Å². The number of rotatable bonds is 4. The number of benzene rings is 2. The minimum Gasteiger partial charge on any atom is -0.335 e. The molecule has 0 aromatic heterocycles. The van der Waals surface area contributed by atoms with Crippen LogP contribution in [0.1, 0.15) is 30.5 Å².